The Morgan fingerprint density at radius 2 is 2.10 bits per heavy atom. The maximum atomic E-state index is 9.89. The van der Waals surface area contributed by atoms with E-state index in [1.165, 1.54) is 0 Å². The summed E-state index contributed by atoms with van der Waals surface area (Å²) in [5.41, 5.74) is 0.926. The van der Waals surface area contributed by atoms with E-state index in [9.17, 15) is 5.11 Å². The van der Waals surface area contributed by atoms with E-state index in [1.807, 2.05) is 6.07 Å². The summed E-state index contributed by atoms with van der Waals surface area (Å²) in [6.07, 6.45) is 2.04. The van der Waals surface area contributed by atoms with Gasteiger partial charge in [-0.2, -0.15) is 0 Å². The Kier molecular flexibility index (Phi) is 5.56. The number of halogens is 2. The Labute approximate surface area is 130 Å². The van der Waals surface area contributed by atoms with Crippen molar-refractivity contribution in [3.05, 3.63) is 27.7 Å². The molecular weight excluding hydrogens is 297 g/mol. The smallest absolute Gasteiger partial charge is 0.143 e. The maximum absolute atomic E-state index is 9.89. The van der Waals surface area contributed by atoms with Crippen LogP contribution in [0.5, 0.6) is 5.75 Å². The van der Waals surface area contributed by atoms with Crippen molar-refractivity contribution in [2.24, 2.45) is 0 Å². The molecule has 0 radical (unpaired) electrons. The minimum atomic E-state index is -0.410. The van der Waals surface area contributed by atoms with Crippen LogP contribution in [-0.4, -0.2) is 23.4 Å². The van der Waals surface area contributed by atoms with E-state index in [0.717, 1.165) is 24.8 Å². The number of rotatable bonds is 5. The van der Waals surface area contributed by atoms with E-state index in [4.69, 9.17) is 27.9 Å². The molecule has 0 spiro atoms. The van der Waals surface area contributed by atoms with Gasteiger partial charge >= 0.3 is 0 Å². The van der Waals surface area contributed by atoms with Gasteiger partial charge in [0.2, 0.25) is 0 Å². The maximum Gasteiger partial charge on any atom is 0.143 e. The topological polar surface area (TPSA) is 41.5 Å². The van der Waals surface area contributed by atoms with Crippen molar-refractivity contribution in [3.8, 4) is 5.75 Å². The number of hydrogen-bond donors (Lipinski definition) is 2. The average molecular weight is 318 g/mol. The molecule has 2 rings (SSSR count). The quantitative estimate of drug-likeness (QED) is 0.868. The van der Waals surface area contributed by atoms with E-state index in [2.05, 4.69) is 19.2 Å². The van der Waals surface area contributed by atoms with Crippen LogP contribution < -0.4 is 10.1 Å². The zero-order valence-electron chi connectivity index (χ0n) is 11.8. The van der Waals surface area contributed by atoms with Crippen LogP contribution in [0.4, 0.5) is 0 Å². The molecule has 0 bridgehead atoms. The Hall–Kier alpha value is -0.480. The predicted octanol–water partition coefficient (Wildman–Crippen LogP) is 3.78. The second kappa shape index (κ2) is 6.99. The fourth-order valence-electron chi connectivity index (χ4n) is 2.39. The fourth-order valence-corrected chi connectivity index (χ4v) is 2.97. The predicted molar refractivity (Wildman–Crippen MR) is 82.7 cm³/mol. The van der Waals surface area contributed by atoms with Gasteiger partial charge in [-0.15, -0.1) is 0 Å². The van der Waals surface area contributed by atoms with E-state index in [-0.39, 0.29) is 6.10 Å². The highest BCUT2D eigenvalue weighted by molar-refractivity contribution is 6.35. The first-order valence-corrected chi connectivity index (χ1v) is 7.79. The summed E-state index contributed by atoms with van der Waals surface area (Å²) in [5.74, 6) is 0.634. The van der Waals surface area contributed by atoms with Crippen LogP contribution in [0, 0.1) is 0 Å². The molecule has 0 amide bonds. The molecule has 1 aromatic carbocycles. The van der Waals surface area contributed by atoms with Crippen molar-refractivity contribution < 1.29 is 9.84 Å². The zero-order valence-corrected chi connectivity index (χ0v) is 13.3. The van der Waals surface area contributed by atoms with Crippen LogP contribution in [0.25, 0.3) is 0 Å². The van der Waals surface area contributed by atoms with Crippen molar-refractivity contribution in [2.75, 3.05) is 0 Å². The molecule has 1 aromatic rings. The second-order valence-corrected chi connectivity index (χ2v) is 6.41. The molecule has 1 aliphatic carbocycles. The lowest BCUT2D eigenvalue weighted by Crippen LogP contribution is -2.27. The fraction of sp³-hybridized carbons (Fsp3) is 0.600. The summed E-state index contributed by atoms with van der Waals surface area (Å²) in [6.45, 7) is 4.79. The normalized spacial score (nSPS) is 22.5. The molecule has 2 N–H and O–H groups in total. The van der Waals surface area contributed by atoms with Gasteiger partial charge < -0.3 is 15.2 Å². The van der Waals surface area contributed by atoms with Gasteiger partial charge in [0.15, 0.2) is 0 Å². The summed E-state index contributed by atoms with van der Waals surface area (Å²) >= 11 is 12.3. The molecule has 20 heavy (non-hydrogen) atoms. The van der Waals surface area contributed by atoms with Crippen LogP contribution in [-0.2, 0) is 6.54 Å². The summed E-state index contributed by atoms with van der Waals surface area (Å²) in [6, 6.07) is 3.90. The molecule has 3 nitrogen and oxygen atoms in total. The summed E-state index contributed by atoms with van der Waals surface area (Å²) < 4.78 is 5.96. The Bertz CT molecular complexity index is 465. The average Bonchev–Trinajstić information content (AvgIpc) is 2.76. The molecule has 0 aliphatic heterocycles. The molecule has 0 saturated heterocycles. The number of ether oxygens (including phenoxy) is 1. The lowest BCUT2D eigenvalue weighted by molar-refractivity contribution is 0.0597. The SMILES string of the molecule is CC(C)NCc1cc(Cl)cc(Cl)c1OC1CCCC1O. The molecule has 0 aromatic heterocycles. The third-order valence-electron chi connectivity index (χ3n) is 3.47. The highest BCUT2D eigenvalue weighted by Gasteiger charge is 2.28. The van der Waals surface area contributed by atoms with Crippen LogP contribution >= 0.6 is 23.2 Å². The summed E-state index contributed by atoms with van der Waals surface area (Å²) in [7, 11) is 0. The van der Waals surface area contributed by atoms with Crippen LogP contribution in [0.1, 0.15) is 38.7 Å². The summed E-state index contributed by atoms with van der Waals surface area (Å²) in [5, 5.41) is 14.3. The first-order chi connectivity index (χ1) is 9.47. The van der Waals surface area contributed by atoms with Crippen LogP contribution in [0.2, 0.25) is 10.0 Å². The van der Waals surface area contributed by atoms with Crippen molar-refractivity contribution in [1.82, 2.24) is 5.32 Å². The molecule has 1 fully saturated rings. The minimum absolute atomic E-state index is 0.175. The minimum Gasteiger partial charge on any atom is -0.486 e. The lowest BCUT2D eigenvalue weighted by atomic mass is 10.1. The number of hydrogen-bond acceptors (Lipinski definition) is 3. The largest absolute Gasteiger partial charge is 0.486 e. The Morgan fingerprint density at radius 1 is 1.35 bits per heavy atom. The Morgan fingerprint density at radius 3 is 2.70 bits per heavy atom. The lowest BCUT2D eigenvalue weighted by Gasteiger charge is -2.21. The van der Waals surface area contributed by atoms with Gasteiger partial charge in [-0.05, 0) is 31.4 Å². The monoisotopic (exact) mass is 317 g/mol. The molecular formula is C15H21Cl2NO2. The number of aliphatic hydroxyl groups excluding tert-OH is 1. The van der Waals surface area contributed by atoms with Crippen LogP contribution in [0.15, 0.2) is 12.1 Å². The highest BCUT2D eigenvalue weighted by Crippen LogP contribution is 2.35. The zero-order chi connectivity index (χ0) is 14.7. The molecule has 5 heteroatoms. The molecule has 2 unspecified atom stereocenters. The number of benzene rings is 1. The van der Waals surface area contributed by atoms with Gasteiger partial charge in [0.1, 0.15) is 11.9 Å². The van der Waals surface area contributed by atoms with Crippen molar-refractivity contribution >= 4 is 23.2 Å². The number of aliphatic hydroxyl groups is 1. The molecule has 2 atom stereocenters. The van der Waals surface area contributed by atoms with Crippen molar-refractivity contribution in [3.63, 3.8) is 0 Å². The first-order valence-electron chi connectivity index (χ1n) is 7.03. The van der Waals surface area contributed by atoms with Crippen LogP contribution in [0.3, 0.4) is 0 Å². The summed E-state index contributed by atoms with van der Waals surface area (Å²) in [4.78, 5) is 0. The van der Waals surface area contributed by atoms with Gasteiger partial charge in [0.25, 0.3) is 0 Å². The first kappa shape index (κ1) is 15.9. The van der Waals surface area contributed by atoms with Gasteiger partial charge in [0, 0.05) is 23.2 Å². The third kappa shape index (κ3) is 4.01. The Balaban J connectivity index is 2.20. The number of nitrogens with one attached hydrogen (secondary N) is 1. The van der Waals surface area contributed by atoms with Crippen molar-refractivity contribution in [2.45, 2.75) is 57.9 Å². The van der Waals surface area contributed by atoms with Gasteiger partial charge in [-0.3, -0.25) is 0 Å². The van der Waals surface area contributed by atoms with E-state index in [1.54, 1.807) is 6.07 Å². The molecule has 1 saturated carbocycles. The van der Waals surface area contributed by atoms with Gasteiger partial charge in [0.05, 0.1) is 11.1 Å². The molecule has 0 heterocycles. The van der Waals surface area contributed by atoms with Crippen molar-refractivity contribution in [1.29, 1.82) is 0 Å². The standard InChI is InChI=1S/C15H21Cl2NO2/c1-9(2)18-8-10-6-11(16)7-12(17)15(10)20-14-5-3-4-13(14)19/h6-7,9,13-14,18-19H,3-5,8H2,1-2H3. The van der Waals surface area contributed by atoms with E-state index < -0.39 is 6.10 Å². The molecule has 1 aliphatic rings. The van der Waals surface area contributed by atoms with Gasteiger partial charge in [-0.1, -0.05) is 37.0 Å². The molecule has 112 valence electrons. The van der Waals surface area contributed by atoms with E-state index >= 15 is 0 Å². The third-order valence-corrected chi connectivity index (χ3v) is 3.97. The van der Waals surface area contributed by atoms with Gasteiger partial charge in [-0.25, -0.2) is 0 Å². The second-order valence-electron chi connectivity index (χ2n) is 5.57. The van der Waals surface area contributed by atoms with E-state index in [0.29, 0.717) is 28.4 Å². The highest BCUT2D eigenvalue weighted by atomic mass is 35.5.